The van der Waals surface area contributed by atoms with Gasteiger partial charge in [0.25, 0.3) is 0 Å². The van der Waals surface area contributed by atoms with Gasteiger partial charge in [-0.2, -0.15) is 0 Å². The number of furan rings is 1. The van der Waals surface area contributed by atoms with E-state index in [1.165, 1.54) is 11.8 Å². The first-order valence-electron chi connectivity index (χ1n) is 8.28. The smallest absolute Gasteiger partial charge is 0.196 e. The van der Waals surface area contributed by atoms with Crippen molar-refractivity contribution >= 4 is 23.2 Å². The molecule has 26 heavy (non-hydrogen) atoms. The van der Waals surface area contributed by atoms with E-state index in [4.69, 9.17) is 4.42 Å². The molecule has 0 fully saturated rings. The Bertz CT molecular complexity index is 1060. The first-order valence-corrected chi connectivity index (χ1v) is 9.27. The molecule has 7 heteroatoms. The van der Waals surface area contributed by atoms with Gasteiger partial charge >= 0.3 is 0 Å². The van der Waals surface area contributed by atoms with Gasteiger partial charge in [0, 0.05) is 23.1 Å². The third kappa shape index (κ3) is 3.06. The second kappa shape index (κ2) is 6.84. The van der Waals surface area contributed by atoms with Crippen molar-refractivity contribution in [2.45, 2.75) is 25.5 Å². The number of nitrogens with zero attached hydrogens (tertiary/aromatic N) is 4. The first-order chi connectivity index (χ1) is 12.6. The zero-order chi connectivity index (χ0) is 18.1. The molecule has 0 spiro atoms. The maximum absolute atomic E-state index is 12.7. The van der Waals surface area contributed by atoms with Gasteiger partial charge in [-0.15, -0.1) is 10.2 Å². The summed E-state index contributed by atoms with van der Waals surface area (Å²) in [4.78, 5) is 12.7. The molecule has 0 aromatic carbocycles. The van der Waals surface area contributed by atoms with Crippen LogP contribution >= 0.6 is 11.8 Å². The van der Waals surface area contributed by atoms with Crippen LogP contribution in [0.5, 0.6) is 0 Å². The lowest BCUT2D eigenvalue weighted by Crippen LogP contribution is -2.07. The van der Waals surface area contributed by atoms with Crippen molar-refractivity contribution in [3.05, 3.63) is 71.6 Å². The highest BCUT2D eigenvalue weighted by molar-refractivity contribution is 7.99. The van der Waals surface area contributed by atoms with Gasteiger partial charge in [-0.1, -0.05) is 17.8 Å². The summed E-state index contributed by atoms with van der Waals surface area (Å²) in [6, 6.07) is 11.5. The predicted octanol–water partition coefficient (Wildman–Crippen LogP) is 3.76. The van der Waals surface area contributed by atoms with Crippen LogP contribution in [0.15, 0.2) is 58.4 Å². The molecule has 0 N–H and O–H groups in total. The molecule has 0 bridgehead atoms. The lowest BCUT2D eigenvalue weighted by atomic mass is 10.2. The molecule has 6 nitrogen and oxygen atoms in total. The van der Waals surface area contributed by atoms with Crippen LogP contribution in [-0.2, 0) is 6.54 Å². The Balaban J connectivity index is 1.51. The standard InChI is InChI=1S/C19H18N4O2S/c1-13-10-16(14(2)23(13)11-15-6-5-9-25-15)17(24)12-26-19-21-20-18-7-3-4-8-22(18)19/h3-10H,11-12H2,1-2H3. The highest BCUT2D eigenvalue weighted by atomic mass is 32.2. The first kappa shape index (κ1) is 16.7. The van der Waals surface area contributed by atoms with E-state index in [2.05, 4.69) is 14.8 Å². The largest absolute Gasteiger partial charge is 0.467 e. The summed E-state index contributed by atoms with van der Waals surface area (Å²) in [7, 11) is 0. The number of Topliss-reactive ketones (excluding diaryl/α,β-unsaturated/α-hetero) is 1. The van der Waals surface area contributed by atoms with Gasteiger partial charge in [-0.05, 0) is 44.2 Å². The molecular weight excluding hydrogens is 348 g/mol. The van der Waals surface area contributed by atoms with Crippen LogP contribution < -0.4 is 0 Å². The lowest BCUT2D eigenvalue weighted by molar-refractivity contribution is 0.102. The van der Waals surface area contributed by atoms with Crippen LogP contribution in [0.4, 0.5) is 0 Å². The van der Waals surface area contributed by atoms with Crippen LogP contribution in [0, 0.1) is 13.8 Å². The minimum absolute atomic E-state index is 0.0847. The lowest BCUT2D eigenvalue weighted by Gasteiger charge is -2.07. The fourth-order valence-corrected chi connectivity index (χ4v) is 3.82. The second-order valence-electron chi connectivity index (χ2n) is 6.07. The summed E-state index contributed by atoms with van der Waals surface area (Å²) < 4.78 is 9.41. The molecule has 0 aliphatic heterocycles. The van der Waals surface area contributed by atoms with Crippen LogP contribution in [0.3, 0.4) is 0 Å². The average Bonchev–Trinajstić information content (AvgIpc) is 3.36. The summed E-state index contributed by atoms with van der Waals surface area (Å²) >= 11 is 1.40. The quantitative estimate of drug-likeness (QED) is 0.384. The van der Waals surface area contributed by atoms with E-state index in [0.29, 0.717) is 12.3 Å². The molecule has 0 aliphatic carbocycles. The summed E-state index contributed by atoms with van der Waals surface area (Å²) in [6.45, 7) is 4.60. The van der Waals surface area contributed by atoms with Gasteiger partial charge in [-0.3, -0.25) is 9.20 Å². The number of thioether (sulfide) groups is 1. The molecule has 0 atom stereocenters. The minimum atomic E-state index is 0.0847. The number of carbonyl (C=O) groups is 1. The summed E-state index contributed by atoms with van der Waals surface area (Å²) in [5, 5.41) is 9.00. The van der Waals surface area contributed by atoms with Crippen molar-refractivity contribution in [2.24, 2.45) is 0 Å². The predicted molar refractivity (Wildman–Crippen MR) is 99.8 cm³/mol. The van der Waals surface area contributed by atoms with E-state index in [9.17, 15) is 4.79 Å². The van der Waals surface area contributed by atoms with Gasteiger partial charge in [-0.25, -0.2) is 0 Å². The van der Waals surface area contributed by atoms with Crippen LogP contribution in [0.25, 0.3) is 5.65 Å². The zero-order valence-corrected chi connectivity index (χ0v) is 15.4. The molecule has 4 rings (SSSR count). The van der Waals surface area contributed by atoms with Gasteiger partial charge in [0.05, 0.1) is 18.6 Å². The fraction of sp³-hybridized carbons (Fsp3) is 0.211. The Labute approximate surface area is 154 Å². The summed E-state index contributed by atoms with van der Waals surface area (Å²) in [5.74, 6) is 1.28. The van der Waals surface area contributed by atoms with Crippen molar-refractivity contribution in [3.8, 4) is 0 Å². The Morgan fingerprint density at radius 1 is 1.19 bits per heavy atom. The normalized spacial score (nSPS) is 11.3. The molecule has 0 aliphatic rings. The van der Waals surface area contributed by atoms with Gasteiger partial charge in [0.15, 0.2) is 16.6 Å². The third-order valence-corrected chi connectivity index (χ3v) is 5.33. The van der Waals surface area contributed by atoms with Crippen molar-refractivity contribution in [1.82, 2.24) is 19.2 Å². The Morgan fingerprint density at radius 2 is 2.08 bits per heavy atom. The fourth-order valence-electron chi connectivity index (χ4n) is 3.01. The molecule has 0 unspecified atom stereocenters. The molecule has 132 valence electrons. The molecule has 0 saturated heterocycles. The Morgan fingerprint density at radius 3 is 2.88 bits per heavy atom. The number of hydrogen-bond acceptors (Lipinski definition) is 5. The average molecular weight is 366 g/mol. The van der Waals surface area contributed by atoms with Crippen molar-refractivity contribution in [1.29, 1.82) is 0 Å². The highest BCUT2D eigenvalue weighted by Crippen LogP contribution is 2.22. The summed E-state index contributed by atoms with van der Waals surface area (Å²) in [5.41, 5.74) is 3.52. The Hall–Kier alpha value is -2.80. The summed E-state index contributed by atoms with van der Waals surface area (Å²) in [6.07, 6.45) is 3.56. The molecule has 4 aromatic heterocycles. The van der Waals surface area contributed by atoms with E-state index in [-0.39, 0.29) is 5.78 Å². The maximum atomic E-state index is 12.7. The Kier molecular flexibility index (Phi) is 4.38. The van der Waals surface area contributed by atoms with Crippen LogP contribution in [0.2, 0.25) is 0 Å². The monoisotopic (exact) mass is 366 g/mol. The zero-order valence-electron chi connectivity index (χ0n) is 14.5. The van der Waals surface area contributed by atoms with Gasteiger partial charge < -0.3 is 8.98 Å². The number of fused-ring (bicyclic) bond motifs is 1. The minimum Gasteiger partial charge on any atom is -0.467 e. The number of carbonyl (C=O) groups excluding carboxylic acids is 1. The van der Waals surface area contributed by atoms with E-state index >= 15 is 0 Å². The molecule has 0 radical (unpaired) electrons. The van der Waals surface area contributed by atoms with E-state index < -0.39 is 0 Å². The van der Waals surface area contributed by atoms with Crippen molar-refractivity contribution in [2.75, 3.05) is 5.75 Å². The molecule has 0 saturated carbocycles. The van der Waals surface area contributed by atoms with E-state index in [1.807, 2.05) is 60.8 Å². The van der Waals surface area contributed by atoms with Gasteiger partial charge in [0.1, 0.15) is 5.76 Å². The number of aryl methyl sites for hydroxylation is 1. The number of rotatable bonds is 6. The van der Waals surface area contributed by atoms with Crippen LogP contribution in [-0.4, -0.2) is 30.7 Å². The van der Waals surface area contributed by atoms with Gasteiger partial charge in [0.2, 0.25) is 0 Å². The molecule has 0 amide bonds. The third-order valence-electron chi connectivity index (χ3n) is 4.38. The maximum Gasteiger partial charge on any atom is 0.196 e. The topological polar surface area (TPSA) is 65.3 Å². The number of hydrogen-bond donors (Lipinski definition) is 0. The SMILES string of the molecule is Cc1cc(C(=O)CSc2nnc3ccccn23)c(C)n1Cc1ccco1. The molecular formula is C19H18N4O2S. The highest BCUT2D eigenvalue weighted by Gasteiger charge is 2.17. The van der Waals surface area contributed by atoms with Crippen LogP contribution in [0.1, 0.15) is 27.5 Å². The van der Waals surface area contributed by atoms with E-state index in [0.717, 1.165) is 33.5 Å². The van der Waals surface area contributed by atoms with Crippen molar-refractivity contribution in [3.63, 3.8) is 0 Å². The molecule has 4 aromatic rings. The number of aromatic nitrogens is 4. The molecule has 4 heterocycles. The number of ketones is 1. The van der Waals surface area contributed by atoms with E-state index in [1.54, 1.807) is 6.26 Å². The number of pyridine rings is 1. The second-order valence-corrected chi connectivity index (χ2v) is 7.02. The van der Waals surface area contributed by atoms with Crippen molar-refractivity contribution < 1.29 is 9.21 Å².